The Kier molecular flexibility index (Phi) is 6.90. The summed E-state index contributed by atoms with van der Waals surface area (Å²) in [6.45, 7) is 3.78. The van der Waals surface area contributed by atoms with Gasteiger partial charge in [-0.05, 0) is 63.8 Å². The van der Waals surface area contributed by atoms with Crippen LogP contribution in [0.15, 0.2) is 80.7 Å². The number of hydrazone groups is 2. The van der Waals surface area contributed by atoms with Crippen molar-refractivity contribution in [1.29, 1.82) is 0 Å². The number of allylic oxidation sites excluding steroid dienone is 2. The summed E-state index contributed by atoms with van der Waals surface area (Å²) in [5.41, 5.74) is 3.45. The Morgan fingerprint density at radius 2 is 1.00 bits per heavy atom. The number of rotatable bonds is 6. The molecular formula is C24H28N4O4S2. The maximum atomic E-state index is 12.6. The third-order valence-electron chi connectivity index (χ3n) is 6.21. The third-order valence-corrected chi connectivity index (χ3v) is 8.66. The number of nitrogens with zero attached hydrogens (tertiary/aromatic N) is 2. The summed E-state index contributed by atoms with van der Waals surface area (Å²) >= 11 is 0. The van der Waals surface area contributed by atoms with Crippen LogP contribution in [0.1, 0.15) is 36.8 Å². The Bertz CT molecular complexity index is 1240. The van der Waals surface area contributed by atoms with Crippen LogP contribution < -0.4 is 9.66 Å². The van der Waals surface area contributed by atoms with E-state index in [1.54, 1.807) is 48.5 Å². The van der Waals surface area contributed by atoms with Gasteiger partial charge in [0.15, 0.2) is 0 Å². The van der Waals surface area contributed by atoms with Gasteiger partial charge in [-0.1, -0.05) is 47.5 Å². The molecule has 180 valence electrons. The van der Waals surface area contributed by atoms with Crippen LogP contribution in [-0.2, 0) is 20.0 Å². The summed E-state index contributed by atoms with van der Waals surface area (Å²) in [6, 6.07) is 13.2. The lowest BCUT2D eigenvalue weighted by atomic mass is 9.71. The fourth-order valence-corrected chi connectivity index (χ4v) is 5.91. The van der Waals surface area contributed by atoms with Crippen LogP contribution in [0, 0.1) is 25.7 Å². The molecule has 2 aliphatic rings. The first-order valence-electron chi connectivity index (χ1n) is 11.1. The van der Waals surface area contributed by atoms with Gasteiger partial charge in [0.2, 0.25) is 0 Å². The lowest BCUT2D eigenvalue weighted by Gasteiger charge is -2.35. The van der Waals surface area contributed by atoms with Gasteiger partial charge in [-0.25, -0.2) is 9.66 Å². The van der Waals surface area contributed by atoms with Gasteiger partial charge in [0.25, 0.3) is 20.0 Å². The lowest BCUT2D eigenvalue weighted by Crippen LogP contribution is -2.39. The molecule has 0 amide bonds. The molecule has 2 atom stereocenters. The number of sulfonamides is 2. The molecule has 34 heavy (non-hydrogen) atoms. The monoisotopic (exact) mass is 500 g/mol. The van der Waals surface area contributed by atoms with Crippen molar-refractivity contribution in [2.24, 2.45) is 22.0 Å². The zero-order valence-corrected chi connectivity index (χ0v) is 20.7. The molecule has 0 aromatic heterocycles. The molecule has 0 heterocycles. The zero-order valence-electron chi connectivity index (χ0n) is 19.1. The normalized spacial score (nSPS) is 23.0. The SMILES string of the molecule is Cc1ccc(S(=O)(=O)N/N=C2/CC/C(=N\NS(=O)(=O)c3ccc(C)cc3)[C@H]3CC=CC[C@H]23)cc1. The van der Waals surface area contributed by atoms with Crippen LogP contribution in [0.2, 0.25) is 0 Å². The van der Waals surface area contributed by atoms with E-state index in [2.05, 4.69) is 19.9 Å². The van der Waals surface area contributed by atoms with E-state index in [1.165, 1.54) is 0 Å². The fourth-order valence-electron chi connectivity index (χ4n) is 4.23. The first kappa shape index (κ1) is 24.2. The average molecular weight is 501 g/mol. The minimum Gasteiger partial charge on any atom is -0.200 e. The second-order valence-electron chi connectivity index (χ2n) is 8.68. The van der Waals surface area contributed by atoms with Gasteiger partial charge >= 0.3 is 0 Å². The lowest BCUT2D eigenvalue weighted by molar-refractivity contribution is 0.485. The minimum atomic E-state index is -3.77. The molecule has 2 aromatic carbocycles. The summed E-state index contributed by atoms with van der Waals surface area (Å²) in [4.78, 5) is 5.08. The van der Waals surface area contributed by atoms with Gasteiger partial charge in [-0.2, -0.15) is 27.0 Å². The van der Waals surface area contributed by atoms with E-state index in [9.17, 15) is 16.8 Å². The number of fused-ring (bicyclic) bond motifs is 1. The van der Waals surface area contributed by atoms with Gasteiger partial charge in [0.05, 0.1) is 9.79 Å². The number of aryl methyl sites for hydroxylation is 2. The largest absolute Gasteiger partial charge is 0.276 e. The van der Waals surface area contributed by atoms with Crippen LogP contribution in [0.25, 0.3) is 0 Å². The molecule has 0 aliphatic heterocycles. The van der Waals surface area contributed by atoms with Crippen LogP contribution in [0.4, 0.5) is 0 Å². The van der Waals surface area contributed by atoms with E-state index in [0.717, 1.165) is 22.6 Å². The van der Waals surface area contributed by atoms with Crippen molar-refractivity contribution >= 4 is 31.5 Å². The highest BCUT2D eigenvalue weighted by Crippen LogP contribution is 2.35. The Morgan fingerprint density at radius 1 is 0.647 bits per heavy atom. The molecule has 1 saturated carbocycles. The first-order valence-corrected chi connectivity index (χ1v) is 14.1. The number of nitrogens with one attached hydrogen (secondary N) is 2. The highest BCUT2D eigenvalue weighted by molar-refractivity contribution is 7.89. The minimum absolute atomic E-state index is 0.0397. The molecule has 4 rings (SSSR count). The van der Waals surface area contributed by atoms with Crippen molar-refractivity contribution in [1.82, 2.24) is 9.66 Å². The average Bonchev–Trinajstić information content (AvgIpc) is 2.82. The molecule has 0 saturated heterocycles. The van der Waals surface area contributed by atoms with E-state index in [0.29, 0.717) is 25.7 Å². The smallest absolute Gasteiger partial charge is 0.200 e. The Balaban J connectivity index is 1.51. The number of hydrogen-bond acceptors (Lipinski definition) is 6. The maximum absolute atomic E-state index is 12.6. The van der Waals surface area contributed by atoms with Crippen molar-refractivity contribution < 1.29 is 16.8 Å². The standard InChI is InChI=1S/C24H28N4O4S2/c1-17-7-11-19(12-8-17)33(29,30)27-25-23-15-16-24(22-6-4-3-5-21(22)23)26-28-34(31,32)20-13-9-18(2)10-14-20/h3-4,7-14,21-22,27-28H,5-6,15-16H2,1-2H3/b25-23-,26-24+/t21-,22-/m0/s1. The molecule has 2 aromatic rings. The molecule has 2 N–H and O–H groups in total. The second kappa shape index (κ2) is 9.71. The van der Waals surface area contributed by atoms with Crippen molar-refractivity contribution in [3.05, 3.63) is 71.8 Å². The fraction of sp³-hybridized carbons (Fsp3) is 0.333. The Hall–Kier alpha value is -2.98. The van der Waals surface area contributed by atoms with Crippen molar-refractivity contribution in [3.63, 3.8) is 0 Å². The van der Waals surface area contributed by atoms with Gasteiger partial charge in [0.1, 0.15) is 0 Å². The molecule has 0 spiro atoms. The van der Waals surface area contributed by atoms with Gasteiger partial charge in [0, 0.05) is 23.3 Å². The zero-order chi connectivity index (χ0) is 24.3. The van der Waals surface area contributed by atoms with E-state index in [4.69, 9.17) is 0 Å². The van der Waals surface area contributed by atoms with Crippen LogP contribution >= 0.6 is 0 Å². The molecule has 0 radical (unpaired) electrons. The predicted octanol–water partition coefficient (Wildman–Crippen LogP) is 3.65. The van der Waals surface area contributed by atoms with Gasteiger partial charge in [-0.15, -0.1) is 0 Å². The summed E-state index contributed by atoms with van der Waals surface area (Å²) in [5.74, 6) is -0.0795. The molecule has 1 fully saturated rings. The van der Waals surface area contributed by atoms with E-state index < -0.39 is 20.0 Å². The summed E-state index contributed by atoms with van der Waals surface area (Å²) < 4.78 is 50.6. The van der Waals surface area contributed by atoms with Gasteiger partial charge < -0.3 is 0 Å². The molecular weight excluding hydrogens is 472 g/mol. The Morgan fingerprint density at radius 3 is 1.35 bits per heavy atom. The van der Waals surface area contributed by atoms with Crippen molar-refractivity contribution in [2.75, 3.05) is 0 Å². The first-order chi connectivity index (χ1) is 16.2. The highest BCUT2D eigenvalue weighted by Gasteiger charge is 2.35. The molecule has 10 heteroatoms. The Labute approximate surface area is 201 Å². The second-order valence-corrected chi connectivity index (χ2v) is 12.0. The van der Waals surface area contributed by atoms with Crippen molar-refractivity contribution in [2.45, 2.75) is 49.3 Å². The summed E-state index contributed by atoms with van der Waals surface area (Å²) in [6.07, 6.45) is 6.47. The summed E-state index contributed by atoms with van der Waals surface area (Å²) in [5, 5.41) is 8.58. The van der Waals surface area contributed by atoms with Crippen molar-refractivity contribution in [3.8, 4) is 0 Å². The number of hydrogen-bond donors (Lipinski definition) is 2. The maximum Gasteiger partial charge on any atom is 0.276 e. The van der Waals surface area contributed by atoms with Crippen LogP contribution in [0.5, 0.6) is 0 Å². The predicted molar refractivity (Wildman–Crippen MR) is 132 cm³/mol. The van der Waals surface area contributed by atoms with Crippen LogP contribution in [-0.4, -0.2) is 28.3 Å². The molecule has 0 bridgehead atoms. The molecule has 8 nitrogen and oxygen atoms in total. The topological polar surface area (TPSA) is 117 Å². The van der Waals surface area contributed by atoms with Gasteiger partial charge in [-0.3, -0.25) is 0 Å². The third kappa shape index (κ3) is 5.39. The van der Waals surface area contributed by atoms with Crippen LogP contribution in [0.3, 0.4) is 0 Å². The quantitative estimate of drug-likeness (QED) is 0.465. The highest BCUT2D eigenvalue weighted by atomic mass is 32.2. The van der Waals surface area contributed by atoms with E-state index >= 15 is 0 Å². The van der Waals surface area contributed by atoms with E-state index in [1.807, 2.05) is 26.0 Å². The van der Waals surface area contributed by atoms with E-state index in [-0.39, 0.29) is 21.6 Å². The summed E-state index contributed by atoms with van der Waals surface area (Å²) in [7, 11) is -7.54. The number of benzene rings is 2. The molecule has 0 unspecified atom stereocenters. The molecule has 2 aliphatic carbocycles.